The van der Waals surface area contributed by atoms with Gasteiger partial charge < -0.3 is 4.74 Å². The molecule has 2 aromatic carbocycles. The Morgan fingerprint density at radius 2 is 1.91 bits per heavy atom. The Balaban J connectivity index is 1.95. The van der Waals surface area contributed by atoms with Gasteiger partial charge in [-0.25, -0.2) is 0 Å². The van der Waals surface area contributed by atoms with E-state index in [0.717, 1.165) is 35.8 Å². The fourth-order valence-electron chi connectivity index (χ4n) is 3.13. The van der Waals surface area contributed by atoms with Crippen LogP contribution in [0, 0.1) is 17.2 Å². The molecular weight excluding hydrogens is 274 g/mol. The van der Waals surface area contributed by atoms with Crippen molar-refractivity contribution in [2.24, 2.45) is 5.92 Å². The van der Waals surface area contributed by atoms with Crippen LogP contribution >= 0.6 is 0 Å². The molecule has 3 heteroatoms. The minimum atomic E-state index is 0.190. The third kappa shape index (κ3) is 2.82. The average Bonchev–Trinajstić information content (AvgIpc) is 2.56. The van der Waals surface area contributed by atoms with Crippen molar-refractivity contribution in [3.05, 3.63) is 41.5 Å². The molecule has 0 N–H and O–H groups in total. The van der Waals surface area contributed by atoms with Gasteiger partial charge in [-0.15, -0.1) is 0 Å². The van der Waals surface area contributed by atoms with E-state index in [0.29, 0.717) is 16.9 Å². The topological polar surface area (TPSA) is 50.1 Å². The number of rotatable bonds is 3. The first-order chi connectivity index (χ1) is 10.7. The van der Waals surface area contributed by atoms with E-state index >= 15 is 0 Å². The molecule has 0 aromatic heterocycles. The minimum Gasteiger partial charge on any atom is -0.489 e. The van der Waals surface area contributed by atoms with Crippen LogP contribution in [0.2, 0.25) is 0 Å². The number of carbonyl (C=O) groups excluding carboxylic acids is 1. The van der Waals surface area contributed by atoms with Gasteiger partial charge in [-0.1, -0.05) is 25.1 Å². The average molecular weight is 293 g/mol. The molecule has 0 aliphatic heterocycles. The van der Waals surface area contributed by atoms with Crippen molar-refractivity contribution >= 4 is 17.1 Å². The SMILES string of the molecule is C[C@H]1CC[C@@H](Oc2ccc3ccc(C=O)cc3c2C#N)CC1. The van der Waals surface area contributed by atoms with Crippen molar-refractivity contribution in [3.8, 4) is 11.8 Å². The molecule has 0 heterocycles. The van der Waals surface area contributed by atoms with Crippen LogP contribution in [-0.2, 0) is 0 Å². The third-order valence-electron chi connectivity index (χ3n) is 4.51. The quantitative estimate of drug-likeness (QED) is 0.784. The monoisotopic (exact) mass is 293 g/mol. The van der Waals surface area contributed by atoms with E-state index in [1.807, 2.05) is 18.2 Å². The maximum atomic E-state index is 11.0. The lowest BCUT2D eigenvalue weighted by Crippen LogP contribution is -2.23. The molecule has 1 saturated carbocycles. The van der Waals surface area contributed by atoms with Gasteiger partial charge in [0.2, 0.25) is 0 Å². The lowest BCUT2D eigenvalue weighted by atomic mass is 9.89. The number of hydrogen-bond donors (Lipinski definition) is 0. The fourth-order valence-corrected chi connectivity index (χ4v) is 3.13. The van der Waals surface area contributed by atoms with E-state index in [1.165, 1.54) is 12.8 Å². The highest BCUT2D eigenvalue weighted by Crippen LogP contribution is 2.32. The third-order valence-corrected chi connectivity index (χ3v) is 4.51. The highest BCUT2D eigenvalue weighted by molar-refractivity contribution is 5.94. The summed E-state index contributed by atoms with van der Waals surface area (Å²) in [6.45, 7) is 2.27. The number of nitriles is 1. The Labute approximate surface area is 130 Å². The van der Waals surface area contributed by atoms with Crippen LogP contribution in [0.25, 0.3) is 10.8 Å². The molecule has 3 nitrogen and oxygen atoms in total. The summed E-state index contributed by atoms with van der Waals surface area (Å²) in [5, 5.41) is 11.3. The number of nitrogens with zero attached hydrogens (tertiary/aromatic N) is 1. The highest BCUT2D eigenvalue weighted by atomic mass is 16.5. The first kappa shape index (κ1) is 14.6. The standard InChI is InChI=1S/C19H19NO2/c1-13-2-7-16(8-3-13)22-19-9-6-15-5-4-14(12-21)10-17(15)18(19)11-20/h4-6,9-10,12-13,16H,2-3,7-8H2,1H3/t13-,16+. The molecule has 1 fully saturated rings. The Bertz CT molecular complexity index is 737. The number of fused-ring (bicyclic) bond motifs is 1. The molecule has 0 radical (unpaired) electrons. The molecule has 0 atom stereocenters. The van der Waals surface area contributed by atoms with Crippen LogP contribution in [0.3, 0.4) is 0 Å². The van der Waals surface area contributed by atoms with E-state index in [9.17, 15) is 10.1 Å². The molecule has 0 unspecified atom stereocenters. The van der Waals surface area contributed by atoms with Crippen LogP contribution in [0.4, 0.5) is 0 Å². The van der Waals surface area contributed by atoms with E-state index in [4.69, 9.17) is 4.74 Å². The van der Waals surface area contributed by atoms with Crippen molar-refractivity contribution in [1.82, 2.24) is 0 Å². The Morgan fingerprint density at radius 1 is 1.18 bits per heavy atom. The summed E-state index contributed by atoms with van der Waals surface area (Å²) in [6.07, 6.45) is 5.42. The molecule has 1 aliphatic carbocycles. The predicted octanol–water partition coefficient (Wildman–Crippen LogP) is 4.48. The van der Waals surface area contributed by atoms with Gasteiger partial charge in [-0.05, 0) is 49.1 Å². The lowest BCUT2D eigenvalue weighted by molar-refractivity contribution is 0.112. The molecule has 1 aliphatic rings. The number of ether oxygens (including phenoxy) is 1. The molecule has 0 saturated heterocycles. The zero-order chi connectivity index (χ0) is 15.5. The maximum Gasteiger partial charge on any atom is 0.150 e. The summed E-state index contributed by atoms with van der Waals surface area (Å²) < 4.78 is 6.10. The van der Waals surface area contributed by atoms with Gasteiger partial charge in [-0.3, -0.25) is 4.79 Å². The van der Waals surface area contributed by atoms with Crippen LogP contribution in [0.15, 0.2) is 30.3 Å². The van der Waals surface area contributed by atoms with Gasteiger partial charge >= 0.3 is 0 Å². The van der Waals surface area contributed by atoms with E-state index in [1.54, 1.807) is 12.1 Å². The fraction of sp³-hybridized carbons (Fsp3) is 0.368. The van der Waals surface area contributed by atoms with Crippen LogP contribution in [0.1, 0.15) is 48.5 Å². The predicted molar refractivity (Wildman–Crippen MR) is 86.1 cm³/mol. The lowest BCUT2D eigenvalue weighted by Gasteiger charge is -2.27. The van der Waals surface area contributed by atoms with Crippen LogP contribution < -0.4 is 4.74 Å². The minimum absolute atomic E-state index is 0.190. The second-order valence-electron chi connectivity index (χ2n) is 6.15. The number of benzene rings is 2. The van der Waals surface area contributed by atoms with Gasteiger partial charge in [0.15, 0.2) is 0 Å². The summed E-state index contributed by atoms with van der Waals surface area (Å²) in [5.74, 6) is 1.40. The molecular formula is C19H19NO2. The smallest absolute Gasteiger partial charge is 0.150 e. The van der Waals surface area contributed by atoms with E-state index in [-0.39, 0.29) is 6.10 Å². The van der Waals surface area contributed by atoms with Gasteiger partial charge in [0.05, 0.1) is 6.10 Å². The highest BCUT2D eigenvalue weighted by Gasteiger charge is 2.21. The number of hydrogen-bond acceptors (Lipinski definition) is 3. The first-order valence-electron chi connectivity index (χ1n) is 7.80. The van der Waals surface area contributed by atoms with Gasteiger partial charge in [-0.2, -0.15) is 5.26 Å². The molecule has 0 bridgehead atoms. The van der Waals surface area contributed by atoms with Gasteiger partial charge in [0.25, 0.3) is 0 Å². The Morgan fingerprint density at radius 3 is 2.59 bits per heavy atom. The van der Waals surface area contributed by atoms with E-state index < -0.39 is 0 Å². The zero-order valence-corrected chi connectivity index (χ0v) is 12.7. The van der Waals surface area contributed by atoms with Crippen LogP contribution in [-0.4, -0.2) is 12.4 Å². The first-order valence-corrected chi connectivity index (χ1v) is 7.80. The normalized spacial score (nSPS) is 21.3. The molecule has 112 valence electrons. The molecule has 22 heavy (non-hydrogen) atoms. The largest absolute Gasteiger partial charge is 0.489 e. The maximum absolute atomic E-state index is 11.0. The summed E-state index contributed by atoms with van der Waals surface area (Å²) in [6, 6.07) is 11.5. The molecule has 2 aromatic rings. The molecule has 0 spiro atoms. The van der Waals surface area contributed by atoms with Gasteiger partial charge in [0, 0.05) is 10.9 Å². The second kappa shape index (κ2) is 6.19. The van der Waals surface area contributed by atoms with Crippen molar-refractivity contribution in [2.45, 2.75) is 38.7 Å². The van der Waals surface area contributed by atoms with Crippen molar-refractivity contribution < 1.29 is 9.53 Å². The van der Waals surface area contributed by atoms with Crippen LogP contribution in [0.5, 0.6) is 5.75 Å². The molecule has 3 rings (SSSR count). The van der Waals surface area contributed by atoms with E-state index in [2.05, 4.69) is 13.0 Å². The van der Waals surface area contributed by atoms with Crippen molar-refractivity contribution in [1.29, 1.82) is 5.26 Å². The summed E-state index contributed by atoms with van der Waals surface area (Å²) in [4.78, 5) is 11.0. The van der Waals surface area contributed by atoms with Crippen molar-refractivity contribution in [3.63, 3.8) is 0 Å². The summed E-state index contributed by atoms with van der Waals surface area (Å²) >= 11 is 0. The summed E-state index contributed by atoms with van der Waals surface area (Å²) in [5.41, 5.74) is 1.10. The zero-order valence-electron chi connectivity index (χ0n) is 12.7. The van der Waals surface area contributed by atoms with Crippen molar-refractivity contribution in [2.75, 3.05) is 0 Å². The Kier molecular flexibility index (Phi) is 4.11. The van der Waals surface area contributed by atoms with Gasteiger partial charge in [0.1, 0.15) is 23.7 Å². The summed E-state index contributed by atoms with van der Waals surface area (Å²) in [7, 11) is 0. The number of carbonyl (C=O) groups is 1. The molecule has 0 amide bonds. The number of aldehydes is 1. The Hall–Kier alpha value is -2.34. The second-order valence-corrected chi connectivity index (χ2v) is 6.15.